The summed E-state index contributed by atoms with van der Waals surface area (Å²) < 4.78 is 1.85. The molecule has 8 nitrogen and oxygen atoms in total. The minimum Gasteiger partial charge on any atom is -0.321 e. The number of hydrogen-bond donors (Lipinski definition) is 1. The average molecular weight is 480 g/mol. The second-order valence-corrected chi connectivity index (χ2v) is 9.03. The molecule has 0 amide bonds. The summed E-state index contributed by atoms with van der Waals surface area (Å²) in [5.74, 6) is 0.776. The minimum atomic E-state index is -0.100. The number of nitrogens with one attached hydrogen (secondary N) is 1. The van der Waals surface area contributed by atoms with E-state index in [-0.39, 0.29) is 11.6 Å². The molecule has 0 aliphatic carbocycles. The second kappa shape index (κ2) is 10.6. The van der Waals surface area contributed by atoms with Crippen LogP contribution in [0.15, 0.2) is 83.9 Å². The Morgan fingerprint density at radius 2 is 1.83 bits per heavy atom. The number of fused-ring (bicyclic) bond motifs is 1. The van der Waals surface area contributed by atoms with Crippen LogP contribution in [0.1, 0.15) is 47.5 Å². The second-order valence-electron chi connectivity index (χ2n) is 9.03. The molecule has 0 spiro atoms. The summed E-state index contributed by atoms with van der Waals surface area (Å²) in [6.45, 7) is 5.76. The molecule has 0 saturated heterocycles. The van der Waals surface area contributed by atoms with Crippen molar-refractivity contribution in [2.24, 2.45) is 0 Å². The molecule has 8 heteroatoms. The van der Waals surface area contributed by atoms with Gasteiger partial charge in [0.1, 0.15) is 0 Å². The van der Waals surface area contributed by atoms with Crippen molar-refractivity contribution >= 4 is 10.9 Å². The monoisotopic (exact) mass is 479 g/mol. The largest absolute Gasteiger partial charge is 0.321 e. The molecule has 0 saturated carbocycles. The third-order valence-corrected chi connectivity index (χ3v) is 6.51. The number of aromatic amines is 1. The van der Waals surface area contributed by atoms with E-state index >= 15 is 0 Å². The van der Waals surface area contributed by atoms with Crippen LogP contribution in [0.5, 0.6) is 0 Å². The average Bonchev–Trinajstić information content (AvgIpc) is 3.34. The highest BCUT2D eigenvalue weighted by atomic mass is 16.1. The van der Waals surface area contributed by atoms with Crippen LogP contribution in [0.4, 0.5) is 0 Å². The van der Waals surface area contributed by atoms with Crippen LogP contribution in [0.3, 0.4) is 0 Å². The molecule has 3 heterocycles. The lowest BCUT2D eigenvalue weighted by molar-refractivity contribution is 0.161. The standard InChI is InChI=1S/C28H29N7O/c1-3-25(27-31-32-33-35(27)18-21-10-5-4-6-11-21)34(17-22-12-8-14-29-16-22)19-24-15-23-13-7-9-20(2)26(23)30-28(24)36/h4-16,25H,3,17-19H2,1-2H3,(H,30,36)/t25-/m0/s1. The molecule has 0 unspecified atom stereocenters. The van der Waals surface area contributed by atoms with E-state index in [2.05, 4.69) is 49.4 Å². The highest BCUT2D eigenvalue weighted by Crippen LogP contribution is 2.27. The van der Waals surface area contributed by atoms with Crippen LogP contribution in [-0.4, -0.2) is 35.1 Å². The van der Waals surface area contributed by atoms with Gasteiger partial charge in [0.15, 0.2) is 5.82 Å². The van der Waals surface area contributed by atoms with E-state index < -0.39 is 0 Å². The molecule has 36 heavy (non-hydrogen) atoms. The summed E-state index contributed by atoms with van der Waals surface area (Å²) in [5, 5.41) is 13.8. The first-order valence-corrected chi connectivity index (χ1v) is 12.2. The predicted molar refractivity (Wildman–Crippen MR) is 139 cm³/mol. The van der Waals surface area contributed by atoms with E-state index in [0.717, 1.165) is 39.8 Å². The summed E-state index contributed by atoms with van der Waals surface area (Å²) in [4.78, 5) is 22.8. The number of benzene rings is 2. The van der Waals surface area contributed by atoms with Crippen LogP contribution in [0.25, 0.3) is 10.9 Å². The van der Waals surface area contributed by atoms with E-state index in [0.29, 0.717) is 25.2 Å². The molecule has 0 radical (unpaired) electrons. The highest BCUT2D eigenvalue weighted by Gasteiger charge is 2.26. The van der Waals surface area contributed by atoms with Gasteiger partial charge in [0.05, 0.1) is 18.1 Å². The first-order chi connectivity index (χ1) is 17.6. The fourth-order valence-electron chi connectivity index (χ4n) is 4.69. The molecule has 5 aromatic rings. The normalized spacial score (nSPS) is 12.3. The number of aryl methyl sites for hydroxylation is 1. The molecule has 0 aliphatic heterocycles. The molecule has 182 valence electrons. The molecule has 1 N–H and O–H groups in total. The van der Waals surface area contributed by atoms with Crippen molar-refractivity contribution < 1.29 is 0 Å². The van der Waals surface area contributed by atoms with Gasteiger partial charge in [0.2, 0.25) is 0 Å². The lowest BCUT2D eigenvalue weighted by Gasteiger charge is -2.30. The molecule has 0 bridgehead atoms. The first-order valence-electron chi connectivity index (χ1n) is 12.2. The lowest BCUT2D eigenvalue weighted by Crippen LogP contribution is -2.32. The third-order valence-electron chi connectivity index (χ3n) is 6.51. The zero-order valence-electron chi connectivity index (χ0n) is 20.5. The van der Waals surface area contributed by atoms with Gasteiger partial charge in [0, 0.05) is 31.0 Å². The minimum absolute atomic E-state index is 0.0771. The number of nitrogens with zero attached hydrogens (tertiary/aromatic N) is 6. The quantitative estimate of drug-likeness (QED) is 0.336. The number of aromatic nitrogens is 6. The number of tetrazole rings is 1. The highest BCUT2D eigenvalue weighted by molar-refractivity contribution is 5.81. The van der Waals surface area contributed by atoms with E-state index in [1.54, 1.807) is 6.20 Å². The van der Waals surface area contributed by atoms with E-state index in [9.17, 15) is 4.79 Å². The number of hydrogen-bond acceptors (Lipinski definition) is 6. The molecule has 1 atom stereocenters. The number of rotatable bonds is 9. The Balaban J connectivity index is 1.52. The van der Waals surface area contributed by atoms with Crippen molar-refractivity contribution in [3.8, 4) is 0 Å². The Labute approximate surface area is 209 Å². The molecular formula is C28H29N7O. The smallest absolute Gasteiger partial charge is 0.252 e. The van der Waals surface area contributed by atoms with Crippen LogP contribution in [0.2, 0.25) is 0 Å². The van der Waals surface area contributed by atoms with Crippen LogP contribution in [-0.2, 0) is 19.6 Å². The summed E-state index contributed by atoms with van der Waals surface area (Å²) in [5.41, 5.74) is 4.75. The lowest BCUT2D eigenvalue weighted by atomic mass is 10.1. The molecular weight excluding hydrogens is 450 g/mol. The van der Waals surface area contributed by atoms with E-state index in [1.807, 2.05) is 72.4 Å². The third kappa shape index (κ3) is 5.08. The Morgan fingerprint density at radius 3 is 2.61 bits per heavy atom. The van der Waals surface area contributed by atoms with Crippen LogP contribution >= 0.6 is 0 Å². The van der Waals surface area contributed by atoms with Crippen molar-refractivity contribution in [1.29, 1.82) is 0 Å². The number of para-hydroxylation sites is 1. The maximum atomic E-state index is 13.1. The van der Waals surface area contributed by atoms with Gasteiger partial charge in [-0.25, -0.2) is 4.68 Å². The van der Waals surface area contributed by atoms with Gasteiger partial charge in [-0.3, -0.25) is 14.7 Å². The van der Waals surface area contributed by atoms with Crippen molar-refractivity contribution in [1.82, 2.24) is 35.1 Å². The van der Waals surface area contributed by atoms with Gasteiger partial charge in [0.25, 0.3) is 5.56 Å². The van der Waals surface area contributed by atoms with Gasteiger partial charge in [-0.2, -0.15) is 0 Å². The fourth-order valence-corrected chi connectivity index (χ4v) is 4.69. The van der Waals surface area contributed by atoms with Crippen LogP contribution in [0, 0.1) is 6.92 Å². The van der Waals surface area contributed by atoms with Crippen molar-refractivity contribution in [3.05, 3.63) is 118 Å². The van der Waals surface area contributed by atoms with Gasteiger partial charge in [-0.15, -0.1) is 5.10 Å². The van der Waals surface area contributed by atoms with Crippen molar-refractivity contribution in [2.45, 2.75) is 45.9 Å². The van der Waals surface area contributed by atoms with Gasteiger partial charge < -0.3 is 4.98 Å². The Morgan fingerprint density at radius 1 is 1.00 bits per heavy atom. The zero-order valence-corrected chi connectivity index (χ0v) is 20.5. The molecule has 5 rings (SSSR count). The Kier molecular flexibility index (Phi) is 6.95. The molecule has 0 aliphatic rings. The van der Waals surface area contributed by atoms with Gasteiger partial charge in [-0.1, -0.05) is 61.5 Å². The molecule has 0 fully saturated rings. The summed E-state index contributed by atoms with van der Waals surface area (Å²) in [7, 11) is 0. The number of H-pyrrole nitrogens is 1. The maximum Gasteiger partial charge on any atom is 0.252 e. The van der Waals surface area contributed by atoms with Crippen LogP contribution < -0.4 is 5.56 Å². The van der Waals surface area contributed by atoms with E-state index in [4.69, 9.17) is 0 Å². The van der Waals surface area contributed by atoms with E-state index in [1.165, 1.54) is 0 Å². The van der Waals surface area contributed by atoms with Gasteiger partial charge >= 0.3 is 0 Å². The maximum absolute atomic E-state index is 13.1. The summed E-state index contributed by atoms with van der Waals surface area (Å²) in [6.07, 6.45) is 4.41. The van der Waals surface area contributed by atoms with Crippen molar-refractivity contribution in [2.75, 3.05) is 0 Å². The summed E-state index contributed by atoms with van der Waals surface area (Å²) >= 11 is 0. The van der Waals surface area contributed by atoms with Gasteiger partial charge in [-0.05, 0) is 58.0 Å². The molecule has 2 aromatic carbocycles. The topological polar surface area (TPSA) is 92.6 Å². The molecule has 3 aromatic heterocycles. The van der Waals surface area contributed by atoms with Crippen molar-refractivity contribution in [3.63, 3.8) is 0 Å². The Hall–Kier alpha value is -4.17. The number of pyridine rings is 2. The summed E-state index contributed by atoms with van der Waals surface area (Å²) in [6, 6.07) is 22.1. The first kappa shape index (κ1) is 23.6. The zero-order chi connectivity index (χ0) is 24.9. The fraction of sp³-hybridized carbons (Fsp3) is 0.250. The Bertz CT molecular complexity index is 1500. The predicted octanol–water partition coefficient (Wildman–Crippen LogP) is 4.42. The SMILES string of the molecule is CC[C@@H](c1nnnn1Cc1ccccc1)N(Cc1cccnc1)Cc1cc2cccc(C)c2[nH]c1=O.